The van der Waals surface area contributed by atoms with Crippen molar-refractivity contribution in [3.05, 3.63) is 29.1 Å². The van der Waals surface area contributed by atoms with Crippen LogP contribution in [-0.4, -0.2) is 41.5 Å². The van der Waals surface area contributed by atoms with E-state index in [1.807, 2.05) is 6.92 Å². The van der Waals surface area contributed by atoms with Crippen LogP contribution >= 0.6 is 0 Å². The predicted molar refractivity (Wildman–Crippen MR) is 164 cm³/mol. The first kappa shape index (κ1) is 45.5. The summed E-state index contributed by atoms with van der Waals surface area (Å²) in [5.74, 6) is 4.03. The Bertz CT molecular complexity index is 653. The van der Waals surface area contributed by atoms with Crippen LogP contribution in [-0.2, 0) is 4.74 Å². The quantitative estimate of drug-likeness (QED) is 0.382. The van der Waals surface area contributed by atoms with Gasteiger partial charge in [-0.05, 0) is 73.8 Å². The number of carbonyl (C=O) groups is 1. The zero-order valence-corrected chi connectivity index (χ0v) is 21.4. The molecule has 1 aromatic rings. The largest absolute Gasteiger partial charge is 0.465 e. The third-order valence-electron chi connectivity index (χ3n) is 7.35. The predicted octanol–water partition coefficient (Wildman–Crippen LogP) is 8.77. The third-order valence-corrected chi connectivity index (χ3v) is 7.35. The molecule has 1 heterocycles. The Balaban J connectivity index is -0.000000130. The smallest absolute Gasteiger partial charge is 0.339 e. The van der Waals surface area contributed by atoms with Gasteiger partial charge in [-0.2, -0.15) is 0 Å². The SMILES string of the molecule is C.C.C.C.C.CC1CCC(C)C(CO)C1.CC1CCC(C)C(CO)C1.COC(=O)c1cc(C)cnc1C. The highest BCUT2D eigenvalue weighted by Gasteiger charge is 2.25. The van der Waals surface area contributed by atoms with Crippen molar-refractivity contribution in [2.45, 2.75) is 117 Å². The number of aliphatic hydroxyl groups is 2. The number of nitrogens with zero attached hydrogens (tertiary/aromatic N) is 1. The highest BCUT2D eigenvalue weighted by atomic mass is 16.5. The van der Waals surface area contributed by atoms with Crippen LogP contribution in [0.1, 0.15) is 125 Å². The Morgan fingerprint density at radius 2 is 1.24 bits per heavy atom. The van der Waals surface area contributed by atoms with E-state index in [2.05, 4.69) is 37.4 Å². The Morgan fingerprint density at radius 3 is 1.57 bits per heavy atom. The van der Waals surface area contributed by atoms with Gasteiger partial charge < -0.3 is 14.9 Å². The molecule has 5 heteroatoms. The molecule has 6 unspecified atom stereocenters. The van der Waals surface area contributed by atoms with Crippen molar-refractivity contribution >= 4 is 5.97 Å². The molecule has 6 atom stereocenters. The summed E-state index contributed by atoms with van der Waals surface area (Å²) in [6.45, 7) is 13.5. The van der Waals surface area contributed by atoms with Crippen LogP contribution in [0.5, 0.6) is 0 Å². The van der Waals surface area contributed by atoms with E-state index in [9.17, 15) is 4.79 Å². The van der Waals surface area contributed by atoms with E-state index in [0.717, 1.165) is 29.2 Å². The van der Waals surface area contributed by atoms with Crippen molar-refractivity contribution in [3.63, 3.8) is 0 Å². The molecule has 0 aromatic carbocycles. The van der Waals surface area contributed by atoms with Crippen molar-refractivity contribution in [2.75, 3.05) is 20.3 Å². The topological polar surface area (TPSA) is 79.6 Å². The van der Waals surface area contributed by atoms with Gasteiger partial charge in [-0.15, -0.1) is 0 Å². The molecule has 0 radical (unpaired) electrons. The minimum absolute atomic E-state index is 0. The number of aliphatic hydroxyl groups excluding tert-OH is 2. The molecule has 2 fully saturated rings. The fourth-order valence-corrected chi connectivity index (χ4v) is 4.76. The van der Waals surface area contributed by atoms with Gasteiger partial charge in [0, 0.05) is 19.4 Å². The number of aryl methyl sites for hydroxylation is 2. The summed E-state index contributed by atoms with van der Waals surface area (Å²) in [6.07, 6.45) is 9.53. The fourth-order valence-electron chi connectivity index (χ4n) is 4.76. The fraction of sp³-hybridized carbons (Fsp3) is 0.812. The van der Waals surface area contributed by atoms with Crippen molar-refractivity contribution < 1.29 is 19.7 Å². The molecule has 0 amide bonds. The molecule has 0 spiro atoms. The van der Waals surface area contributed by atoms with Gasteiger partial charge in [-0.1, -0.05) is 90.5 Å². The number of esters is 1. The molecular weight excluding hydrogens is 462 g/mol. The number of ether oxygens (including phenoxy) is 1. The number of rotatable bonds is 3. The Morgan fingerprint density at radius 1 is 0.838 bits per heavy atom. The third kappa shape index (κ3) is 16.2. The molecule has 0 aliphatic heterocycles. The van der Waals surface area contributed by atoms with Crippen LogP contribution < -0.4 is 0 Å². The second-order valence-electron chi connectivity index (χ2n) is 10.3. The highest BCUT2D eigenvalue weighted by Crippen LogP contribution is 2.33. The van der Waals surface area contributed by atoms with E-state index in [1.54, 1.807) is 19.2 Å². The lowest BCUT2D eigenvalue weighted by Crippen LogP contribution is -2.24. The van der Waals surface area contributed by atoms with Crippen molar-refractivity contribution in [1.82, 2.24) is 4.98 Å². The molecule has 0 bridgehead atoms. The minimum Gasteiger partial charge on any atom is -0.465 e. The summed E-state index contributed by atoms with van der Waals surface area (Å²) < 4.78 is 4.59. The maximum absolute atomic E-state index is 11.1. The van der Waals surface area contributed by atoms with Crippen molar-refractivity contribution in [1.29, 1.82) is 0 Å². The number of pyridine rings is 1. The van der Waals surface area contributed by atoms with Gasteiger partial charge in [0.25, 0.3) is 0 Å². The molecule has 1 aromatic heterocycles. The molecule has 2 aliphatic carbocycles. The van der Waals surface area contributed by atoms with Crippen molar-refractivity contribution in [3.8, 4) is 0 Å². The molecule has 2 N–H and O–H groups in total. The maximum Gasteiger partial charge on any atom is 0.339 e. The lowest BCUT2D eigenvalue weighted by molar-refractivity contribution is 0.0599. The summed E-state index contributed by atoms with van der Waals surface area (Å²) >= 11 is 0. The van der Waals surface area contributed by atoms with E-state index in [-0.39, 0.29) is 43.1 Å². The number of aromatic nitrogens is 1. The molecule has 224 valence electrons. The average molecular weight is 530 g/mol. The van der Waals surface area contributed by atoms with E-state index >= 15 is 0 Å². The lowest BCUT2D eigenvalue weighted by atomic mass is 9.76. The Labute approximate surface area is 232 Å². The lowest BCUT2D eigenvalue weighted by Gasteiger charge is -2.31. The first-order chi connectivity index (χ1) is 15.1. The summed E-state index contributed by atoms with van der Waals surface area (Å²) in [6, 6.07) is 1.77. The molecular formula is C32H67NO4. The Hall–Kier alpha value is -1.46. The molecule has 37 heavy (non-hydrogen) atoms. The zero-order valence-electron chi connectivity index (χ0n) is 21.4. The van der Waals surface area contributed by atoms with Crippen molar-refractivity contribution in [2.24, 2.45) is 35.5 Å². The van der Waals surface area contributed by atoms with Crippen LogP contribution in [0.15, 0.2) is 12.3 Å². The standard InChI is InChI=1S/C9H11NO2.2C9H18O.5CH4/c1-6-4-8(9(11)12-3)7(2)10-5-6;2*1-7-3-4-8(2)9(5-7)6-10;;;;;/h4-5H,1-3H3;2*7-10H,3-6H2,1-2H3;5*1H4. The summed E-state index contributed by atoms with van der Waals surface area (Å²) in [7, 11) is 1.37. The van der Waals surface area contributed by atoms with E-state index in [4.69, 9.17) is 10.2 Å². The van der Waals surface area contributed by atoms with Crippen LogP contribution in [0.2, 0.25) is 0 Å². The van der Waals surface area contributed by atoms with Gasteiger partial charge in [0.05, 0.1) is 18.4 Å². The minimum atomic E-state index is -0.330. The van der Waals surface area contributed by atoms with Gasteiger partial charge >= 0.3 is 5.97 Å². The van der Waals surface area contributed by atoms with Crippen LogP contribution in [0, 0.1) is 49.4 Å². The van der Waals surface area contributed by atoms with Crippen LogP contribution in [0.3, 0.4) is 0 Å². The monoisotopic (exact) mass is 530 g/mol. The van der Waals surface area contributed by atoms with Gasteiger partial charge in [0.15, 0.2) is 0 Å². The van der Waals surface area contributed by atoms with Gasteiger partial charge in [-0.3, -0.25) is 4.98 Å². The second-order valence-corrected chi connectivity index (χ2v) is 10.3. The summed E-state index contributed by atoms with van der Waals surface area (Å²) in [5, 5.41) is 18.0. The van der Waals surface area contributed by atoms with E-state index < -0.39 is 0 Å². The number of hydrogen-bond acceptors (Lipinski definition) is 5. The number of methoxy groups -OCH3 is 1. The molecule has 0 saturated heterocycles. The van der Waals surface area contributed by atoms with E-state index in [1.165, 1.54) is 45.6 Å². The van der Waals surface area contributed by atoms with Crippen LogP contribution in [0.4, 0.5) is 0 Å². The summed E-state index contributed by atoms with van der Waals surface area (Å²) in [5.41, 5.74) is 2.20. The number of carbonyl (C=O) groups excluding carboxylic acids is 1. The van der Waals surface area contributed by atoms with Gasteiger partial charge in [-0.25, -0.2) is 4.79 Å². The summed E-state index contributed by atoms with van der Waals surface area (Å²) in [4.78, 5) is 15.2. The van der Waals surface area contributed by atoms with Crippen LogP contribution in [0.25, 0.3) is 0 Å². The maximum atomic E-state index is 11.1. The molecule has 2 saturated carbocycles. The number of hydrogen-bond donors (Lipinski definition) is 2. The van der Waals surface area contributed by atoms with Gasteiger partial charge in [0.2, 0.25) is 0 Å². The first-order valence-corrected chi connectivity index (χ1v) is 12.4. The molecule has 3 rings (SSSR count). The highest BCUT2D eigenvalue weighted by molar-refractivity contribution is 5.90. The zero-order chi connectivity index (χ0) is 24.3. The van der Waals surface area contributed by atoms with E-state index in [0.29, 0.717) is 36.3 Å². The Kier molecular flexibility index (Phi) is 29.0. The average Bonchev–Trinajstić information content (AvgIpc) is 2.79. The first-order valence-electron chi connectivity index (χ1n) is 12.4. The van der Waals surface area contributed by atoms with Gasteiger partial charge in [0.1, 0.15) is 0 Å². The molecule has 2 aliphatic rings. The molecule has 5 nitrogen and oxygen atoms in total. The second kappa shape index (κ2) is 23.6. The normalized spacial score (nSPS) is 25.6.